The number of rotatable bonds is 4. The molecule has 1 aliphatic heterocycles. The second kappa shape index (κ2) is 5.30. The van der Waals surface area contributed by atoms with Crippen molar-refractivity contribution in [3.8, 4) is 0 Å². The van der Waals surface area contributed by atoms with Gasteiger partial charge in [0.15, 0.2) is 0 Å². The quantitative estimate of drug-likeness (QED) is 0.868. The molecule has 1 saturated heterocycles. The number of hydrogen-bond donors (Lipinski definition) is 1. The molecule has 2 heterocycles. The summed E-state index contributed by atoms with van der Waals surface area (Å²) in [7, 11) is 0. The van der Waals surface area contributed by atoms with Crippen LogP contribution in [0, 0.1) is 11.3 Å². The van der Waals surface area contributed by atoms with E-state index in [9.17, 15) is 14.7 Å². The summed E-state index contributed by atoms with van der Waals surface area (Å²) in [5, 5.41) is 9.19. The minimum Gasteiger partial charge on any atom is -0.481 e. The maximum Gasteiger partial charge on any atom is 0.311 e. The molecule has 5 nitrogen and oxygen atoms in total. The zero-order valence-electron chi connectivity index (χ0n) is 12.9. The van der Waals surface area contributed by atoms with Gasteiger partial charge in [-0.15, -0.1) is 0 Å². The number of furan rings is 1. The number of likely N-dealkylation sites (tertiary alicyclic amines) is 1. The van der Waals surface area contributed by atoms with Crippen LogP contribution in [0.3, 0.4) is 0 Å². The van der Waals surface area contributed by atoms with Gasteiger partial charge < -0.3 is 14.4 Å². The summed E-state index contributed by atoms with van der Waals surface area (Å²) in [6, 6.07) is 3.84. The lowest BCUT2D eigenvalue weighted by atomic mass is 9.90. The largest absolute Gasteiger partial charge is 0.481 e. The van der Waals surface area contributed by atoms with Gasteiger partial charge in [-0.25, -0.2) is 0 Å². The molecule has 22 heavy (non-hydrogen) atoms. The Kier molecular flexibility index (Phi) is 3.59. The van der Waals surface area contributed by atoms with Gasteiger partial charge in [0.2, 0.25) is 5.91 Å². The summed E-state index contributed by atoms with van der Waals surface area (Å²) in [6.45, 7) is 4.62. The van der Waals surface area contributed by atoms with E-state index in [0.29, 0.717) is 30.6 Å². The van der Waals surface area contributed by atoms with Crippen LogP contribution in [0.2, 0.25) is 0 Å². The zero-order valence-corrected chi connectivity index (χ0v) is 12.9. The number of nitrogens with zero attached hydrogens (tertiary/aromatic N) is 1. The summed E-state index contributed by atoms with van der Waals surface area (Å²) in [6.07, 6.45) is 4.78. The molecule has 3 unspecified atom stereocenters. The number of carbonyl (C=O) groups is 2. The Labute approximate surface area is 129 Å². The average molecular weight is 303 g/mol. The van der Waals surface area contributed by atoms with Crippen LogP contribution >= 0.6 is 0 Å². The van der Waals surface area contributed by atoms with Crippen LogP contribution in [0.5, 0.6) is 0 Å². The second-order valence-corrected chi connectivity index (χ2v) is 6.77. The van der Waals surface area contributed by atoms with Crippen molar-refractivity contribution < 1.29 is 19.1 Å². The first kappa shape index (κ1) is 14.9. The number of aliphatic carboxylic acids is 1. The fourth-order valence-electron chi connectivity index (χ4n) is 2.96. The number of amides is 1. The van der Waals surface area contributed by atoms with Crippen molar-refractivity contribution in [3.05, 3.63) is 29.7 Å². The van der Waals surface area contributed by atoms with E-state index in [1.807, 2.05) is 12.1 Å². The average Bonchev–Trinajstić information content (AvgIpc) is 2.92. The summed E-state index contributed by atoms with van der Waals surface area (Å²) in [4.78, 5) is 24.9. The van der Waals surface area contributed by atoms with E-state index in [-0.39, 0.29) is 12.5 Å². The first-order valence-electron chi connectivity index (χ1n) is 7.69. The molecule has 0 aromatic carbocycles. The number of carboxylic acids is 1. The van der Waals surface area contributed by atoms with Crippen LogP contribution in [0.4, 0.5) is 0 Å². The van der Waals surface area contributed by atoms with Crippen LogP contribution in [0.15, 0.2) is 22.6 Å². The first-order valence-corrected chi connectivity index (χ1v) is 7.69. The fourth-order valence-corrected chi connectivity index (χ4v) is 2.96. The third-order valence-electron chi connectivity index (χ3n) is 4.81. The summed E-state index contributed by atoms with van der Waals surface area (Å²) < 4.78 is 5.72. The van der Waals surface area contributed by atoms with Crippen LogP contribution in [0.1, 0.15) is 44.1 Å². The van der Waals surface area contributed by atoms with Gasteiger partial charge in [0.05, 0.1) is 5.41 Å². The third kappa shape index (κ3) is 2.80. The molecule has 118 valence electrons. The van der Waals surface area contributed by atoms with Gasteiger partial charge >= 0.3 is 5.97 Å². The summed E-state index contributed by atoms with van der Waals surface area (Å²) in [5.74, 6) is 1.85. The molecule has 3 atom stereocenters. The molecule has 2 fully saturated rings. The van der Waals surface area contributed by atoms with Crippen molar-refractivity contribution in [2.45, 2.75) is 32.6 Å². The zero-order chi connectivity index (χ0) is 15.9. The number of carboxylic acid groups (broad SMARTS) is 1. The number of hydrogen-bond acceptors (Lipinski definition) is 3. The van der Waals surface area contributed by atoms with E-state index in [2.05, 4.69) is 6.92 Å². The lowest BCUT2D eigenvalue weighted by molar-refractivity contribution is -0.147. The molecule has 1 N–H and O–H groups in total. The Morgan fingerprint density at radius 2 is 2.18 bits per heavy atom. The van der Waals surface area contributed by atoms with E-state index in [1.54, 1.807) is 17.9 Å². The molecule has 1 amide bonds. The van der Waals surface area contributed by atoms with Crippen LogP contribution in [0.25, 0.3) is 6.08 Å². The van der Waals surface area contributed by atoms with Crippen LogP contribution < -0.4 is 0 Å². The monoisotopic (exact) mass is 303 g/mol. The minimum absolute atomic E-state index is 0.164. The first-order chi connectivity index (χ1) is 10.4. The van der Waals surface area contributed by atoms with Crippen molar-refractivity contribution >= 4 is 18.0 Å². The van der Waals surface area contributed by atoms with Gasteiger partial charge in [-0.2, -0.15) is 0 Å². The van der Waals surface area contributed by atoms with Gasteiger partial charge in [-0.1, -0.05) is 6.92 Å². The Morgan fingerprint density at radius 1 is 1.45 bits per heavy atom. The highest BCUT2D eigenvalue weighted by atomic mass is 16.4. The van der Waals surface area contributed by atoms with E-state index in [0.717, 1.165) is 12.2 Å². The SMILES string of the molecule is CC1CC1c1ccc(/C=C/C(=O)N2CCC(C)(C(=O)O)C2)o1. The minimum atomic E-state index is -0.846. The fraction of sp³-hybridized carbons (Fsp3) is 0.529. The molecule has 0 radical (unpaired) electrons. The van der Waals surface area contributed by atoms with E-state index < -0.39 is 11.4 Å². The molecule has 1 aliphatic carbocycles. The maximum absolute atomic E-state index is 12.1. The summed E-state index contributed by atoms with van der Waals surface area (Å²) in [5.41, 5.74) is -0.830. The molecular weight excluding hydrogens is 282 g/mol. The highest BCUT2D eigenvalue weighted by Gasteiger charge is 2.41. The predicted molar refractivity (Wildman–Crippen MR) is 81.2 cm³/mol. The van der Waals surface area contributed by atoms with Crippen molar-refractivity contribution in [2.24, 2.45) is 11.3 Å². The Bertz CT molecular complexity index is 632. The van der Waals surface area contributed by atoms with Crippen molar-refractivity contribution in [2.75, 3.05) is 13.1 Å². The van der Waals surface area contributed by atoms with Gasteiger partial charge in [0.1, 0.15) is 11.5 Å². The maximum atomic E-state index is 12.1. The third-order valence-corrected chi connectivity index (χ3v) is 4.81. The van der Waals surface area contributed by atoms with Crippen molar-refractivity contribution in [1.82, 2.24) is 4.90 Å². The highest BCUT2D eigenvalue weighted by molar-refractivity contribution is 5.92. The molecule has 3 rings (SSSR count). The summed E-state index contributed by atoms with van der Waals surface area (Å²) >= 11 is 0. The van der Waals surface area contributed by atoms with Crippen molar-refractivity contribution in [1.29, 1.82) is 0 Å². The van der Waals surface area contributed by atoms with Crippen LogP contribution in [-0.2, 0) is 9.59 Å². The van der Waals surface area contributed by atoms with Gasteiger partial charge in [-0.3, -0.25) is 9.59 Å². The van der Waals surface area contributed by atoms with Crippen LogP contribution in [-0.4, -0.2) is 35.0 Å². The predicted octanol–water partition coefficient (Wildman–Crippen LogP) is 2.74. The van der Waals surface area contributed by atoms with E-state index in [1.165, 1.54) is 6.08 Å². The topological polar surface area (TPSA) is 70.8 Å². The van der Waals surface area contributed by atoms with Crippen molar-refractivity contribution in [3.63, 3.8) is 0 Å². The number of carbonyl (C=O) groups excluding carboxylic acids is 1. The molecule has 0 bridgehead atoms. The molecule has 1 aromatic heterocycles. The van der Waals surface area contributed by atoms with E-state index in [4.69, 9.17) is 4.42 Å². The Morgan fingerprint density at radius 3 is 2.77 bits per heavy atom. The highest BCUT2D eigenvalue weighted by Crippen LogP contribution is 2.47. The standard InChI is InChI=1S/C17H21NO4/c1-11-9-13(11)14-5-3-12(22-14)4-6-15(19)18-8-7-17(2,10-18)16(20)21/h3-6,11,13H,7-10H2,1-2H3,(H,20,21)/b6-4+. The Hall–Kier alpha value is -2.04. The molecule has 5 heteroatoms. The smallest absolute Gasteiger partial charge is 0.311 e. The lowest BCUT2D eigenvalue weighted by Crippen LogP contribution is -2.34. The molecule has 2 aliphatic rings. The normalized spacial score (nSPS) is 30.9. The van der Waals surface area contributed by atoms with Gasteiger partial charge in [-0.05, 0) is 43.9 Å². The molecule has 1 saturated carbocycles. The molecule has 0 spiro atoms. The van der Waals surface area contributed by atoms with E-state index >= 15 is 0 Å². The second-order valence-electron chi connectivity index (χ2n) is 6.77. The van der Waals surface area contributed by atoms with Gasteiger partial charge in [0, 0.05) is 25.1 Å². The lowest BCUT2D eigenvalue weighted by Gasteiger charge is -2.18. The molecular formula is C17H21NO4. The molecule has 1 aromatic rings. The van der Waals surface area contributed by atoms with Gasteiger partial charge in [0.25, 0.3) is 0 Å². The Balaban J connectivity index is 1.60.